The van der Waals surface area contributed by atoms with E-state index in [1.165, 1.54) is 4.70 Å². The summed E-state index contributed by atoms with van der Waals surface area (Å²) in [5, 5.41) is 8.22. The van der Waals surface area contributed by atoms with Gasteiger partial charge in [0, 0.05) is 32.4 Å². The fraction of sp³-hybridized carbons (Fsp3) is 0.353. The van der Waals surface area contributed by atoms with Crippen LogP contribution in [-0.4, -0.2) is 39.8 Å². The molecule has 0 saturated carbocycles. The van der Waals surface area contributed by atoms with Gasteiger partial charge < -0.3 is 10.2 Å². The molecule has 0 aliphatic carbocycles. The number of fused-ring (bicyclic) bond motifs is 1. The number of rotatable bonds is 3. The van der Waals surface area contributed by atoms with Crippen molar-refractivity contribution >= 4 is 32.6 Å². The van der Waals surface area contributed by atoms with Crippen LogP contribution >= 0.6 is 11.3 Å². The Kier molecular flexibility index (Phi) is 3.93. The van der Waals surface area contributed by atoms with Crippen molar-refractivity contribution in [2.24, 2.45) is 7.05 Å². The van der Waals surface area contributed by atoms with Crippen molar-refractivity contribution in [2.45, 2.75) is 18.9 Å². The van der Waals surface area contributed by atoms with E-state index in [9.17, 15) is 4.79 Å². The number of carbonyl (C=O) groups excluding carboxylic acids is 1. The van der Waals surface area contributed by atoms with Crippen LogP contribution in [0.1, 0.15) is 23.2 Å². The van der Waals surface area contributed by atoms with Crippen LogP contribution < -0.4 is 10.2 Å². The Balaban J connectivity index is 1.46. The van der Waals surface area contributed by atoms with Gasteiger partial charge in [-0.15, -0.1) is 0 Å². The van der Waals surface area contributed by atoms with Crippen molar-refractivity contribution in [2.75, 3.05) is 18.0 Å². The van der Waals surface area contributed by atoms with Gasteiger partial charge in [-0.1, -0.05) is 23.5 Å². The number of para-hydroxylation sites is 1. The molecule has 1 aliphatic rings. The van der Waals surface area contributed by atoms with Gasteiger partial charge in [-0.3, -0.25) is 9.48 Å². The number of amides is 1. The van der Waals surface area contributed by atoms with E-state index in [4.69, 9.17) is 4.98 Å². The summed E-state index contributed by atoms with van der Waals surface area (Å²) in [6, 6.07) is 8.33. The lowest BCUT2D eigenvalue weighted by atomic mass is 10.1. The van der Waals surface area contributed by atoms with Crippen LogP contribution in [0.4, 0.5) is 5.13 Å². The lowest BCUT2D eigenvalue weighted by Gasteiger charge is -2.32. The summed E-state index contributed by atoms with van der Waals surface area (Å²) in [6.45, 7) is 1.78. The summed E-state index contributed by atoms with van der Waals surface area (Å²) >= 11 is 1.71. The molecule has 1 unspecified atom stereocenters. The van der Waals surface area contributed by atoms with E-state index in [0.29, 0.717) is 5.56 Å². The zero-order valence-electron chi connectivity index (χ0n) is 13.5. The Morgan fingerprint density at radius 3 is 3.04 bits per heavy atom. The molecular weight excluding hydrogens is 322 g/mol. The lowest BCUT2D eigenvalue weighted by Crippen LogP contribution is -2.47. The van der Waals surface area contributed by atoms with Crippen molar-refractivity contribution in [1.29, 1.82) is 0 Å². The van der Waals surface area contributed by atoms with E-state index < -0.39 is 0 Å². The number of hydrogen-bond donors (Lipinski definition) is 1. The fourth-order valence-electron chi connectivity index (χ4n) is 3.07. The summed E-state index contributed by atoms with van der Waals surface area (Å²) in [7, 11) is 1.81. The number of aryl methyl sites for hydroxylation is 1. The van der Waals surface area contributed by atoms with E-state index in [0.717, 1.165) is 36.6 Å². The highest BCUT2D eigenvalue weighted by molar-refractivity contribution is 7.22. The molecule has 0 bridgehead atoms. The van der Waals surface area contributed by atoms with Crippen molar-refractivity contribution < 1.29 is 4.79 Å². The Bertz CT molecular complexity index is 838. The van der Waals surface area contributed by atoms with E-state index in [1.807, 2.05) is 25.2 Å². The number of nitrogens with one attached hydrogen (secondary N) is 1. The molecule has 1 N–H and O–H groups in total. The van der Waals surface area contributed by atoms with Crippen LogP contribution in [0.5, 0.6) is 0 Å². The molecule has 1 fully saturated rings. The van der Waals surface area contributed by atoms with Crippen LogP contribution in [0.2, 0.25) is 0 Å². The van der Waals surface area contributed by atoms with Gasteiger partial charge in [-0.2, -0.15) is 5.10 Å². The largest absolute Gasteiger partial charge is 0.347 e. The van der Waals surface area contributed by atoms with Gasteiger partial charge >= 0.3 is 0 Å². The third-order valence-corrected chi connectivity index (χ3v) is 5.37. The second-order valence-corrected chi connectivity index (χ2v) is 7.13. The molecule has 0 spiro atoms. The minimum absolute atomic E-state index is 0.0563. The molecule has 1 aromatic carbocycles. The first-order chi connectivity index (χ1) is 11.7. The number of nitrogens with zero attached hydrogens (tertiary/aromatic N) is 4. The minimum Gasteiger partial charge on any atom is -0.347 e. The molecule has 1 aliphatic heterocycles. The molecule has 6 nitrogen and oxygen atoms in total. The highest BCUT2D eigenvalue weighted by Gasteiger charge is 2.24. The summed E-state index contributed by atoms with van der Waals surface area (Å²) < 4.78 is 2.84. The molecule has 2 aromatic heterocycles. The number of aromatic nitrogens is 3. The molecule has 3 aromatic rings. The van der Waals surface area contributed by atoms with Crippen LogP contribution in [0.3, 0.4) is 0 Å². The molecule has 3 heterocycles. The first-order valence-corrected chi connectivity index (χ1v) is 8.91. The van der Waals surface area contributed by atoms with Crippen LogP contribution in [0, 0.1) is 0 Å². The Hall–Kier alpha value is -2.41. The number of benzene rings is 1. The second kappa shape index (κ2) is 6.24. The van der Waals surface area contributed by atoms with Gasteiger partial charge in [0.15, 0.2) is 5.13 Å². The number of hydrogen-bond acceptors (Lipinski definition) is 5. The maximum atomic E-state index is 12.3. The molecule has 7 heteroatoms. The average molecular weight is 341 g/mol. The summed E-state index contributed by atoms with van der Waals surface area (Å²) in [6.07, 6.45) is 5.38. The topological polar surface area (TPSA) is 63.1 Å². The summed E-state index contributed by atoms with van der Waals surface area (Å²) in [5.74, 6) is -0.0563. The Morgan fingerprint density at radius 2 is 2.25 bits per heavy atom. The van der Waals surface area contributed by atoms with Crippen molar-refractivity contribution in [3.8, 4) is 0 Å². The Labute approximate surface area is 144 Å². The van der Waals surface area contributed by atoms with Gasteiger partial charge in [0.25, 0.3) is 5.91 Å². The highest BCUT2D eigenvalue weighted by Crippen LogP contribution is 2.30. The van der Waals surface area contributed by atoms with E-state index in [-0.39, 0.29) is 11.9 Å². The molecule has 24 heavy (non-hydrogen) atoms. The number of thiazole rings is 1. The van der Waals surface area contributed by atoms with Crippen molar-refractivity contribution in [1.82, 2.24) is 20.1 Å². The molecule has 1 atom stereocenters. The standard InChI is InChI=1S/C17H19N5OS/c1-21-10-12(9-18-21)16(23)19-13-5-4-8-22(11-13)17-20-14-6-2-3-7-15(14)24-17/h2-3,6-7,9-10,13H,4-5,8,11H2,1H3,(H,19,23). The molecular formula is C17H19N5OS. The second-order valence-electron chi connectivity index (χ2n) is 6.13. The van der Waals surface area contributed by atoms with E-state index >= 15 is 0 Å². The SMILES string of the molecule is Cn1cc(C(=O)NC2CCCN(c3nc4ccccc4s3)C2)cn1. The van der Waals surface area contributed by atoms with Gasteiger partial charge in [-0.25, -0.2) is 4.98 Å². The smallest absolute Gasteiger partial charge is 0.254 e. The molecule has 0 radical (unpaired) electrons. The van der Waals surface area contributed by atoms with Gasteiger partial charge in [0.2, 0.25) is 0 Å². The van der Waals surface area contributed by atoms with Gasteiger partial charge in [0.05, 0.1) is 22.0 Å². The van der Waals surface area contributed by atoms with Gasteiger partial charge in [-0.05, 0) is 25.0 Å². The predicted molar refractivity (Wildman–Crippen MR) is 95.5 cm³/mol. The van der Waals surface area contributed by atoms with Crippen LogP contribution in [-0.2, 0) is 7.05 Å². The highest BCUT2D eigenvalue weighted by atomic mass is 32.1. The van der Waals surface area contributed by atoms with E-state index in [1.54, 1.807) is 28.4 Å². The third-order valence-electron chi connectivity index (χ3n) is 4.28. The zero-order chi connectivity index (χ0) is 16.5. The molecule has 1 amide bonds. The third kappa shape index (κ3) is 2.99. The fourth-order valence-corrected chi connectivity index (χ4v) is 4.07. The quantitative estimate of drug-likeness (QED) is 0.795. The zero-order valence-corrected chi connectivity index (χ0v) is 14.3. The Morgan fingerprint density at radius 1 is 1.38 bits per heavy atom. The minimum atomic E-state index is -0.0563. The summed E-state index contributed by atoms with van der Waals surface area (Å²) in [4.78, 5) is 19.3. The van der Waals surface area contributed by atoms with Crippen LogP contribution in [0.15, 0.2) is 36.7 Å². The maximum absolute atomic E-state index is 12.3. The van der Waals surface area contributed by atoms with Gasteiger partial charge in [0.1, 0.15) is 0 Å². The van der Waals surface area contributed by atoms with E-state index in [2.05, 4.69) is 21.4 Å². The first kappa shape index (κ1) is 15.1. The molecule has 4 rings (SSSR count). The van der Waals surface area contributed by atoms with Crippen LogP contribution in [0.25, 0.3) is 10.2 Å². The molecule has 124 valence electrons. The number of carbonyl (C=O) groups is 1. The number of piperidine rings is 1. The molecule has 1 saturated heterocycles. The average Bonchev–Trinajstić information content (AvgIpc) is 3.21. The first-order valence-electron chi connectivity index (χ1n) is 8.09. The predicted octanol–water partition coefficient (Wildman–Crippen LogP) is 2.43. The number of anilines is 1. The summed E-state index contributed by atoms with van der Waals surface area (Å²) in [5.41, 5.74) is 1.65. The van der Waals surface area contributed by atoms with Crippen molar-refractivity contribution in [3.05, 3.63) is 42.2 Å². The maximum Gasteiger partial charge on any atom is 0.254 e. The monoisotopic (exact) mass is 341 g/mol. The lowest BCUT2D eigenvalue weighted by molar-refractivity contribution is 0.0933. The normalized spacial score (nSPS) is 18.0. The van der Waals surface area contributed by atoms with Crippen molar-refractivity contribution in [3.63, 3.8) is 0 Å².